The molecular formula is C38H39N3O5. The van der Waals surface area contributed by atoms with Crippen molar-refractivity contribution in [1.29, 1.82) is 0 Å². The number of carbonyl (C=O) groups is 2. The summed E-state index contributed by atoms with van der Waals surface area (Å²) in [6.07, 6.45) is 10.6. The predicted molar refractivity (Wildman–Crippen MR) is 176 cm³/mol. The maximum Gasteiger partial charge on any atom is 0.258 e. The molecule has 8 nitrogen and oxygen atoms in total. The molecule has 0 radical (unpaired) electrons. The van der Waals surface area contributed by atoms with Crippen molar-refractivity contribution in [2.24, 2.45) is 10.4 Å². The standard InChI is InChI=1S/C38H39N3O5/c1-24-15-31-32(39-21-29-20-38(11-12-38)23-41(29)37(31)43)19-33(24)45-13-6-14-46-35-17-26-9-10-28-16-27(25-7-4-3-5-8-25)22-40(28)36(42)30(26)18-34(35)44-2/h3-5,7-8,15,17-19,21-22,28-29H,6,9-14,16,20,23H2,1-2H3/t28-,29+/m1/s1. The van der Waals surface area contributed by atoms with Crippen molar-refractivity contribution in [3.63, 3.8) is 0 Å². The fourth-order valence-corrected chi connectivity index (χ4v) is 7.58. The lowest BCUT2D eigenvalue weighted by molar-refractivity contribution is 0.0765. The monoisotopic (exact) mass is 617 g/mol. The van der Waals surface area contributed by atoms with Crippen molar-refractivity contribution in [3.05, 3.63) is 88.6 Å². The molecule has 4 aliphatic heterocycles. The van der Waals surface area contributed by atoms with E-state index in [0.29, 0.717) is 53.4 Å². The smallest absolute Gasteiger partial charge is 0.258 e. The van der Waals surface area contributed by atoms with Crippen LogP contribution in [0, 0.1) is 12.3 Å². The molecule has 8 rings (SSSR count). The van der Waals surface area contributed by atoms with E-state index >= 15 is 0 Å². The van der Waals surface area contributed by atoms with Gasteiger partial charge in [0.15, 0.2) is 11.5 Å². The highest BCUT2D eigenvalue weighted by Crippen LogP contribution is 2.55. The summed E-state index contributed by atoms with van der Waals surface area (Å²) in [5, 5.41) is 0. The Balaban J connectivity index is 0.905. The zero-order valence-electron chi connectivity index (χ0n) is 26.5. The molecule has 0 unspecified atom stereocenters. The number of rotatable bonds is 8. The summed E-state index contributed by atoms with van der Waals surface area (Å²) in [4.78, 5) is 35.7. The lowest BCUT2D eigenvalue weighted by Crippen LogP contribution is -2.35. The molecule has 2 fully saturated rings. The van der Waals surface area contributed by atoms with E-state index in [-0.39, 0.29) is 23.9 Å². The maximum absolute atomic E-state index is 13.7. The molecule has 46 heavy (non-hydrogen) atoms. The van der Waals surface area contributed by atoms with Crippen LogP contribution in [0.3, 0.4) is 0 Å². The highest BCUT2D eigenvalue weighted by atomic mass is 16.5. The number of aliphatic imine (C=N–C) groups is 1. The van der Waals surface area contributed by atoms with Crippen LogP contribution in [0.5, 0.6) is 17.2 Å². The number of benzene rings is 3. The van der Waals surface area contributed by atoms with E-state index < -0.39 is 0 Å². The molecule has 2 amide bonds. The molecule has 4 heterocycles. The molecule has 1 saturated heterocycles. The number of hydrogen-bond donors (Lipinski definition) is 0. The van der Waals surface area contributed by atoms with Crippen LogP contribution in [-0.4, -0.2) is 66.8 Å². The average molecular weight is 618 g/mol. The van der Waals surface area contributed by atoms with Crippen molar-refractivity contribution >= 4 is 29.3 Å². The predicted octanol–water partition coefficient (Wildman–Crippen LogP) is 6.76. The van der Waals surface area contributed by atoms with Crippen LogP contribution in [0.25, 0.3) is 5.57 Å². The van der Waals surface area contributed by atoms with E-state index in [4.69, 9.17) is 19.2 Å². The van der Waals surface area contributed by atoms with Gasteiger partial charge in [0, 0.05) is 43.1 Å². The second-order valence-electron chi connectivity index (χ2n) is 13.5. The van der Waals surface area contributed by atoms with Gasteiger partial charge in [-0.2, -0.15) is 0 Å². The fraction of sp³-hybridized carbons (Fsp3) is 0.395. The molecule has 0 aromatic heterocycles. The van der Waals surface area contributed by atoms with Crippen molar-refractivity contribution in [1.82, 2.24) is 9.80 Å². The second kappa shape index (κ2) is 11.3. The quantitative estimate of drug-likeness (QED) is 0.261. The van der Waals surface area contributed by atoms with Gasteiger partial charge in [-0.3, -0.25) is 14.6 Å². The van der Waals surface area contributed by atoms with Gasteiger partial charge in [0.25, 0.3) is 11.8 Å². The molecule has 1 aliphatic carbocycles. The number of nitrogens with zero attached hydrogens (tertiary/aromatic N) is 3. The van der Waals surface area contributed by atoms with Crippen molar-refractivity contribution in [3.8, 4) is 17.2 Å². The van der Waals surface area contributed by atoms with E-state index in [2.05, 4.69) is 12.1 Å². The fourth-order valence-electron chi connectivity index (χ4n) is 7.58. The molecule has 3 aromatic rings. The number of fused-ring (bicyclic) bond motifs is 4. The van der Waals surface area contributed by atoms with Crippen LogP contribution in [0.2, 0.25) is 0 Å². The Kier molecular flexibility index (Phi) is 7.11. The van der Waals surface area contributed by atoms with Gasteiger partial charge in [0.1, 0.15) is 5.75 Å². The van der Waals surface area contributed by atoms with Gasteiger partial charge in [-0.1, -0.05) is 30.3 Å². The Morgan fingerprint density at radius 3 is 2.52 bits per heavy atom. The largest absolute Gasteiger partial charge is 0.493 e. The molecule has 236 valence electrons. The van der Waals surface area contributed by atoms with Crippen LogP contribution < -0.4 is 14.2 Å². The van der Waals surface area contributed by atoms with Crippen LogP contribution >= 0.6 is 0 Å². The first kappa shape index (κ1) is 28.9. The highest BCUT2D eigenvalue weighted by Gasteiger charge is 2.53. The van der Waals surface area contributed by atoms with Crippen LogP contribution in [-0.2, 0) is 6.42 Å². The topological polar surface area (TPSA) is 80.7 Å². The van der Waals surface area contributed by atoms with Crippen LogP contribution in [0.1, 0.15) is 75.9 Å². The molecule has 3 aromatic carbocycles. The van der Waals surface area contributed by atoms with Crippen molar-refractivity contribution < 1.29 is 23.8 Å². The Morgan fingerprint density at radius 1 is 0.935 bits per heavy atom. The zero-order chi connectivity index (χ0) is 31.4. The first-order chi connectivity index (χ1) is 22.4. The Bertz CT molecular complexity index is 1780. The number of carbonyl (C=O) groups excluding carboxylic acids is 2. The molecule has 0 N–H and O–H groups in total. The molecule has 1 spiro atoms. The third-order valence-corrected chi connectivity index (χ3v) is 10.4. The molecule has 1 saturated carbocycles. The van der Waals surface area contributed by atoms with Crippen molar-refractivity contribution in [2.75, 3.05) is 26.9 Å². The number of aryl methyl sites for hydroxylation is 2. The minimum atomic E-state index is 0.0102. The average Bonchev–Trinajstić information content (AvgIpc) is 3.60. The van der Waals surface area contributed by atoms with E-state index in [9.17, 15) is 9.59 Å². The molecule has 5 aliphatic rings. The highest BCUT2D eigenvalue weighted by molar-refractivity contribution is 6.03. The Hall–Kier alpha value is -4.59. The number of amides is 2. The van der Waals surface area contributed by atoms with Gasteiger partial charge in [-0.25, -0.2) is 0 Å². The lowest BCUT2D eigenvalue weighted by atomic mass is 9.97. The number of methoxy groups -OCH3 is 1. The SMILES string of the molecule is COc1cc2c(cc1OCCCOc1cc3c(cc1C)C(=O)N1CC4(CC4)C[C@H]1C=N3)CC[C@@H]1CC(c3ccccc3)=CN1C2=O. The van der Waals surface area contributed by atoms with Gasteiger partial charge < -0.3 is 24.0 Å². The first-order valence-electron chi connectivity index (χ1n) is 16.5. The second-order valence-corrected chi connectivity index (χ2v) is 13.5. The van der Waals surface area contributed by atoms with E-state index in [1.807, 2.05) is 71.6 Å². The van der Waals surface area contributed by atoms with Gasteiger partial charge in [0.2, 0.25) is 0 Å². The minimum Gasteiger partial charge on any atom is -0.493 e. The Labute approximate surface area is 269 Å². The van der Waals surface area contributed by atoms with Crippen LogP contribution in [0.4, 0.5) is 5.69 Å². The van der Waals surface area contributed by atoms with Crippen LogP contribution in [0.15, 0.2) is 65.8 Å². The summed E-state index contributed by atoms with van der Waals surface area (Å²) in [6, 6.07) is 18.1. The minimum absolute atomic E-state index is 0.0102. The summed E-state index contributed by atoms with van der Waals surface area (Å²) in [5.41, 5.74) is 6.63. The summed E-state index contributed by atoms with van der Waals surface area (Å²) in [7, 11) is 1.60. The van der Waals surface area contributed by atoms with E-state index in [0.717, 1.165) is 49.1 Å². The zero-order valence-corrected chi connectivity index (χ0v) is 26.5. The molecule has 2 atom stereocenters. The number of ether oxygens (including phenoxy) is 3. The number of hydrogen-bond acceptors (Lipinski definition) is 6. The lowest BCUT2D eigenvalue weighted by Gasteiger charge is -2.21. The van der Waals surface area contributed by atoms with E-state index in [1.165, 1.54) is 24.0 Å². The first-order valence-corrected chi connectivity index (χ1v) is 16.5. The molecule has 0 bridgehead atoms. The summed E-state index contributed by atoms with van der Waals surface area (Å²) < 4.78 is 18.0. The summed E-state index contributed by atoms with van der Waals surface area (Å²) in [6.45, 7) is 3.70. The van der Waals surface area contributed by atoms with Gasteiger partial charge >= 0.3 is 0 Å². The summed E-state index contributed by atoms with van der Waals surface area (Å²) >= 11 is 0. The van der Waals surface area contributed by atoms with Gasteiger partial charge in [0.05, 0.1) is 37.6 Å². The molecular weight excluding hydrogens is 578 g/mol. The van der Waals surface area contributed by atoms with Crippen molar-refractivity contribution in [2.45, 2.75) is 64.0 Å². The van der Waals surface area contributed by atoms with E-state index in [1.54, 1.807) is 7.11 Å². The summed E-state index contributed by atoms with van der Waals surface area (Å²) in [5.74, 6) is 2.01. The normalized spacial score (nSPS) is 22.0. The molecule has 8 heteroatoms. The van der Waals surface area contributed by atoms with Gasteiger partial charge in [-0.15, -0.1) is 0 Å². The maximum atomic E-state index is 13.7. The third-order valence-electron chi connectivity index (χ3n) is 10.4. The Morgan fingerprint density at radius 2 is 1.74 bits per heavy atom. The van der Waals surface area contributed by atoms with Gasteiger partial charge in [-0.05, 0) is 91.3 Å². The third kappa shape index (κ3) is 5.13.